The lowest BCUT2D eigenvalue weighted by molar-refractivity contribution is -0.385. The Balaban J connectivity index is 1.81. The molecule has 1 heterocycles. The summed E-state index contributed by atoms with van der Waals surface area (Å²) in [6.07, 6.45) is 2.98. The predicted molar refractivity (Wildman–Crippen MR) is 87.1 cm³/mol. The van der Waals surface area contributed by atoms with E-state index in [0.717, 1.165) is 5.69 Å². The van der Waals surface area contributed by atoms with Gasteiger partial charge in [0, 0.05) is 11.6 Å². The van der Waals surface area contributed by atoms with E-state index >= 15 is 0 Å². The first-order chi connectivity index (χ1) is 11.6. The summed E-state index contributed by atoms with van der Waals surface area (Å²) >= 11 is 0. The van der Waals surface area contributed by atoms with Gasteiger partial charge in [-0.3, -0.25) is 14.9 Å². The quantitative estimate of drug-likeness (QED) is 0.587. The second kappa shape index (κ2) is 6.29. The van der Waals surface area contributed by atoms with Crippen LogP contribution < -0.4 is 5.32 Å². The SMILES string of the molecule is Cc1c(NC(=O)c2ccc(-n3cncn3)cc2)cccc1[N+](=O)[O-]. The molecule has 0 bridgehead atoms. The van der Waals surface area contributed by atoms with Crippen molar-refractivity contribution in [2.24, 2.45) is 0 Å². The molecule has 0 saturated carbocycles. The molecular formula is C16H13N5O3. The Morgan fingerprint density at radius 3 is 2.58 bits per heavy atom. The van der Waals surface area contributed by atoms with Crippen LogP contribution in [0.25, 0.3) is 5.69 Å². The Morgan fingerprint density at radius 2 is 1.96 bits per heavy atom. The van der Waals surface area contributed by atoms with Crippen LogP contribution in [-0.4, -0.2) is 25.6 Å². The average Bonchev–Trinajstić information content (AvgIpc) is 3.11. The highest BCUT2D eigenvalue weighted by atomic mass is 16.6. The van der Waals surface area contributed by atoms with Crippen LogP contribution in [-0.2, 0) is 0 Å². The number of anilines is 1. The second-order valence-corrected chi connectivity index (χ2v) is 5.05. The van der Waals surface area contributed by atoms with Crippen LogP contribution >= 0.6 is 0 Å². The number of hydrogen-bond donors (Lipinski definition) is 1. The lowest BCUT2D eigenvalue weighted by atomic mass is 10.1. The van der Waals surface area contributed by atoms with Gasteiger partial charge in [-0.15, -0.1) is 0 Å². The van der Waals surface area contributed by atoms with Crippen molar-refractivity contribution in [2.75, 3.05) is 5.32 Å². The minimum atomic E-state index is -0.474. The number of rotatable bonds is 4. The zero-order chi connectivity index (χ0) is 17.1. The predicted octanol–water partition coefficient (Wildman–Crippen LogP) is 2.74. The van der Waals surface area contributed by atoms with Gasteiger partial charge in [-0.2, -0.15) is 5.10 Å². The standard InChI is InChI=1S/C16H13N5O3/c1-11-14(3-2-4-15(11)21(23)24)19-16(22)12-5-7-13(8-6-12)20-10-17-9-18-20/h2-10H,1H3,(H,19,22). The third-order valence-electron chi connectivity index (χ3n) is 3.56. The van der Waals surface area contributed by atoms with Gasteiger partial charge in [0.25, 0.3) is 11.6 Å². The van der Waals surface area contributed by atoms with Crippen LogP contribution in [0.1, 0.15) is 15.9 Å². The molecule has 120 valence electrons. The summed E-state index contributed by atoms with van der Waals surface area (Å²) in [6.45, 7) is 1.60. The monoisotopic (exact) mass is 323 g/mol. The molecule has 8 heteroatoms. The highest BCUT2D eigenvalue weighted by molar-refractivity contribution is 6.05. The Bertz CT molecular complexity index is 889. The van der Waals surface area contributed by atoms with E-state index in [-0.39, 0.29) is 11.6 Å². The molecule has 3 rings (SSSR count). The van der Waals surface area contributed by atoms with E-state index in [1.54, 1.807) is 48.3 Å². The maximum atomic E-state index is 12.3. The molecule has 3 aromatic rings. The van der Waals surface area contributed by atoms with Gasteiger partial charge in [0.2, 0.25) is 0 Å². The molecule has 0 atom stereocenters. The number of amides is 1. The van der Waals surface area contributed by atoms with Crippen molar-refractivity contribution in [3.05, 3.63) is 76.4 Å². The number of nitrogens with zero attached hydrogens (tertiary/aromatic N) is 4. The van der Waals surface area contributed by atoms with Gasteiger partial charge >= 0.3 is 0 Å². The van der Waals surface area contributed by atoms with E-state index in [1.165, 1.54) is 18.5 Å². The van der Waals surface area contributed by atoms with Gasteiger partial charge in [0.15, 0.2) is 0 Å². The fourth-order valence-electron chi connectivity index (χ4n) is 2.26. The van der Waals surface area contributed by atoms with E-state index in [0.29, 0.717) is 16.8 Å². The van der Waals surface area contributed by atoms with Gasteiger partial charge < -0.3 is 5.32 Å². The fraction of sp³-hybridized carbons (Fsp3) is 0.0625. The zero-order valence-corrected chi connectivity index (χ0v) is 12.7. The zero-order valence-electron chi connectivity index (χ0n) is 12.7. The highest BCUT2D eigenvalue weighted by Crippen LogP contribution is 2.25. The molecule has 0 aliphatic carbocycles. The summed E-state index contributed by atoms with van der Waals surface area (Å²) in [5.74, 6) is -0.344. The molecule has 8 nitrogen and oxygen atoms in total. The van der Waals surface area contributed by atoms with E-state index in [2.05, 4.69) is 15.4 Å². The molecule has 0 radical (unpaired) electrons. The first kappa shape index (κ1) is 15.3. The average molecular weight is 323 g/mol. The number of aromatic nitrogens is 3. The van der Waals surface area contributed by atoms with Gasteiger partial charge in [-0.1, -0.05) is 6.07 Å². The molecule has 0 aliphatic heterocycles. The summed E-state index contributed by atoms with van der Waals surface area (Å²) in [6, 6.07) is 11.3. The van der Waals surface area contributed by atoms with Crippen molar-refractivity contribution in [3.63, 3.8) is 0 Å². The number of nitrogens with one attached hydrogen (secondary N) is 1. The molecule has 1 aromatic heterocycles. The van der Waals surface area contributed by atoms with Crippen LogP contribution in [0.15, 0.2) is 55.1 Å². The van der Waals surface area contributed by atoms with E-state index < -0.39 is 4.92 Å². The topological polar surface area (TPSA) is 103 Å². The summed E-state index contributed by atoms with van der Waals surface area (Å²) in [5.41, 5.74) is 2.00. The number of benzene rings is 2. The number of hydrogen-bond acceptors (Lipinski definition) is 5. The van der Waals surface area contributed by atoms with Crippen molar-refractivity contribution in [1.82, 2.24) is 14.8 Å². The molecular weight excluding hydrogens is 310 g/mol. The van der Waals surface area contributed by atoms with Crippen LogP contribution in [0.4, 0.5) is 11.4 Å². The molecule has 2 aromatic carbocycles. The van der Waals surface area contributed by atoms with Crippen molar-refractivity contribution in [1.29, 1.82) is 0 Å². The molecule has 0 spiro atoms. The molecule has 24 heavy (non-hydrogen) atoms. The van der Waals surface area contributed by atoms with Crippen LogP contribution in [0.5, 0.6) is 0 Å². The van der Waals surface area contributed by atoms with E-state index in [4.69, 9.17) is 0 Å². The minimum Gasteiger partial charge on any atom is -0.321 e. The number of nitro benzene ring substituents is 1. The molecule has 1 N–H and O–H groups in total. The minimum absolute atomic E-state index is 0.0330. The first-order valence-electron chi connectivity index (χ1n) is 7.06. The van der Waals surface area contributed by atoms with Gasteiger partial charge in [-0.25, -0.2) is 9.67 Å². The molecule has 0 aliphatic rings. The maximum absolute atomic E-state index is 12.3. The van der Waals surface area contributed by atoms with Crippen LogP contribution in [0.2, 0.25) is 0 Å². The van der Waals surface area contributed by atoms with Crippen molar-refractivity contribution in [3.8, 4) is 5.69 Å². The van der Waals surface area contributed by atoms with Gasteiger partial charge in [0.05, 0.1) is 21.9 Å². The number of nitro groups is 1. The summed E-state index contributed by atoms with van der Waals surface area (Å²) in [5, 5.41) is 17.7. The molecule has 0 fully saturated rings. The lowest BCUT2D eigenvalue weighted by Crippen LogP contribution is -2.13. The van der Waals surface area contributed by atoms with E-state index in [1.807, 2.05) is 0 Å². The van der Waals surface area contributed by atoms with Crippen LogP contribution in [0.3, 0.4) is 0 Å². The third-order valence-corrected chi connectivity index (χ3v) is 3.56. The summed E-state index contributed by atoms with van der Waals surface area (Å²) in [4.78, 5) is 26.7. The normalized spacial score (nSPS) is 10.4. The maximum Gasteiger partial charge on any atom is 0.274 e. The Labute approximate surface area is 136 Å². The Kier molecular flexibility index (Phi) is 4.02. The first-order valence-corrected chi connectivity index (χ1v) is 7.06. The smallest absolute Gasteiger partial charge is 0.274 e. The Morgan fingerprint density at radius 1 is 1.21 bits per heavy atom. The van der Waals surface area contributed by atoms with Crippen molar-refractivity contribution < 1.29 is 9.72 Å². The number of carbonyl (C=O) groups is 1. The fourth-order valence-corrected chi connectivity index (χ4v) is 2.26. The third kappa shape index (κ3) is 2.98. The number of carbonyl (C=O) groups excluding carboxylic acids is 1. The summed E-state index contributed by atoms with van der Waals surface area (Å²) in [7, 11) is 0. The van der Waals surface area contributed by atoms with Gasteiger partial charge in [0.1, 0.15) is 12.7 Å². The molecule has 0 unspecified atom stereocenters. The summed E-state index contributed by atoms with van der Waals surface area (Å²) < 4.78 is 1.58. The van der Waals surface area contributed by atoms with Crippen molar-refractivity contribution >= 4 is 17.3 Å². The molecule has 0 saturated heterocycles. The van der Waals surface area contributed by atoms with Gasteiger partial charge in [-0.05, 0) is 37.3 Å². The largest absolute Gasteiger partial charge is 0.321 e. The highest BCUT2D eigenvalue weighted by Gasteiger charge is 2.15. The van der Waals surface area contributed by atoms with Crippen LogP contribution in [0, 0.1) is 17.0 Å². The Hall–Kier alpha value is -3.55. The molecule has 1 amide bonds. The van der Waals surface area contributed by atoms with Crippen molar-refractivity contribution in [2.45, 2.75) is 6.92 Å². The second-order valence-electron chi connectivity index (χ2n) is 5.05. The van der Waals surface area contributed by atoms with E-state index in [9.17, 15) is 14.9 Å². The lowest BCUT2D eigenvalue weighted by Gasteiger charge is -2.09.